The highest BCUT2D eigenvalue weighted by Gasteiger charge is 2.67. The van der Waals surface area contributed by atoms with Gasteiger partial charge in [0, 0.05) is 24.0 Å². The van der Waals surface area contributed by atoms with Gasteiger partial charge in [0.2, 0.25) is 0 Å². The van der Waals surface area contributed by atoms with Crippen LogP contribution in [-0.2, 0) is 0 Å². The molecule has 0 amide bonds. The Hall–Kier alpha value is -0.380. The summed E-state index contributed by atoms with van der Waals surface area (Å²) in [5.74, 6) is 2.96. The van der Waals surface area contributed by atoms with Crippen molar-refractivity contribution >= 4 is 0 Å². The van der Waals surface area contributed by atoms with Crippen molar-refractivity contribution in [1.82, 2.24) is 9.80 Å². The van der Waals surface area contributed by atoms with Gasteiger partial charge in [0.05, 0.1) is 6.10 Å². The molecule has 1 spiro atoms. The minimum atomic E-state index is -0.0913. The molecule has 3 heteroatoms. The molecule has 5 rings (SSSR count). The first-order valence-corrected chi connectivity index (χ1v) is 11.5. The van der Waals surface area contributed by atoms with Gasteiger partial charge in [-0.1, -0.05) is 18.6 Å². The van der Waals surface area contributed by atoms with Gasteiger partial charge in [0.25, 0.3) is 0 Å². The smallest absolute Gasteiger partial charge is 0.0617 e. The summed E-state index contributed by atoms with van der Waals surface area (Å²) in [5.41, 5.74) is 2.26. The molecule has 1 unspecified atom stereocenters. The van der Waals surface area contributed by atoms with E-state index < -0.39 is 0 Å². The first kappa shape index (κ1) is 18.6. The molecule has 0 bridgehead atoms. The van der Waals surface area contributed by atoms with E-state index in [9.17, 15) is 5.11 Å². The predicted molar refractivity (Wildman–Crippen MR) is 110 cm³/mol. The Morgan fingerprint density at radius 1 is 1.15 bits per heavy atom. The van der Waals surface area contributed by atoms with Crippen molar-refractivity contribution in [2.45, 2.75) is 77.0 Å². The highest BCUT2D eigenvalue weighted by molar-refractivity contribution is 5.27. The molecule has 0 radical (unpaired) electrons. The van der Waals surface area contributed by atoms with E-state index in [1.54, 1.807) is 5.57 Å². The van der Waals surface area contributed by atoms with Gasteiger partial charge in [-0.25, -0.2) is 0 Å². The molecule has 1 heterocycles. The van der Waals surface area contributed by atoms with E-state index in [1.807, 2.05) is 0 Å². The first-order valence-electron chi connectivity index (χ1n) is 11.5. The second-order valence-electron chi connectivity index (χ2n) is 11.3. The average Bonchev–Trinajstić information content (AvgIpc) is 3.12. The summed E-state index contributed by atoms with van der Waals surface area (Å²) in [6, 6.07) is 1.35. The van der Waals surface area contributed by atoms with Gasteiger partial charge in [-0.2, -0.15) is 0 Å². The van der Waals surface area contributed by atoms with Crippen molar-refractivity contribution in [1.29, 1.82) is 0 Å². The second kappa shape index (κ2) is 6.06. The zero-order valence-electron chi connectivity index (χ0n) is 18.1. The predicted octanol–water partition coefficient (Wildman–Crippen LogP) is 3.78. The van der Waals surface area contributed by atoms with Crippen molar-refractivity contribution < 1.29 is 5.11 Å². The van der Waals surface area contributed by atoms with E-state index in [0.717, 1.165) is 24.8 Å². The van der Waals surface area contributed by atoms with E-state index in [0.29, 0.717) is 29.3 Å². The highest BCUT2D eigenvalue weighted by atomic mass is 16.3. The third-order valence-electron chi connectivity index (χ3n) is 10.5. The Bertz CT molecular complexity index is 644. The van der Waals surface area contributed by atoms with Gasteiger partial charge in [-0.3, -0.25) is 0 Å². The van der Waals surface area contributed by atoms with Crippen LogP contribution < -0.4 is 0 Å². The Morgan fingerprint density at radius 3 is 2.63 bits per heavy atom. The molecule has 0 aromatic carbocycles. The number of hydrogen-bond donors (Lipinski definition) is 1. The Morgan fingerprint density at radius 2 is 1.89 bits per heavy atom. The lowest BCUT2D eigenvalue weighted by Crippen LogP contribution is -2.58. The number of allylic oxidation sites excluding steroid dienone is 1. The molecule has 152 valence electrons. The second-order valence-corrected chi connectivity index (χ2v) is 11.3. The molecular weight excluding hydrogens is 332 g/mol. The van der Waals surface area contributed by atoms with E-state index in [2.05, 4.69) is 50.9 Å². The van der Waals surface area contributed by atoms with Crippen LogP contribution in [0.5, 0.6) is 0 Å². The van der Waals surface area contributed by atoms with Crippen LogP contribution >= 0.6 is 0 Å². The molecule has 1 N–H and O–H groups in total. The molecule has 0 aromatic heterocycles. The largest absolute Gasteiger partial charge is 0.392 e. The van der Waals surface area contributed by atoms with Crippen LogP contribution in [-0.4, -0.2) is 60.8 Å². The normalized spacial score (nSPS) is 54.9. The van der Waals surface area contributed by atoms with Crippen LogP contribution in [0, 0.1) is 34.5 Å². The topological polar surface area (TPSA) is 26.7 Å². The lowest BCUT2D eigenvalue weighted by molar-refractivity contribution is -0.125. The van der Waals surface area contributed by atoms with Crippen molar-refractivity contribution in [2.24, 2.45) is 34.5 Å². The SMILES string of the molecule is C[C@H]1[C@H]2CC[C@H]3[C@@H]4CC=C5CC(N(C)C)CC[C@]5(C)[C@H]4C[C@H](O)[C@]23CN1C. The maximum atomic E-state index is 11.6. The van der Waals surface area contributed by atoms with Crippen LogP contribution in [0.3, 0.4) is 0 Å². The Balaban J connectivity index is 1.49. The zero-order valence-corrected chi connectivity index (χ0v) is 18.1. The maximum Gasteiger partial charge on any atom is 0.0617 e. The number of hydrogen-bond acceptors (Lipinski definition) is 3. The van der Waals surface area contributed by atoms with Gasteiger partial charge in [0.1, 0.15) is 0 Å². The van der Waals surface area contributed by atoms with Crippen LogP contribution in [0.2, 0.25) is 0 Å². The molecule has 4 aliphatic carbocycles. The van der Waals surface area contributed by atoms with Crippen LogP contribution in [0.25, 0.3) is 0 Å². The van der Waals surface area contributed by atoms with Crippen LogP contribution in [0.1, 0.15) is 58.8 Å². The lowest BCUT2D eigenvalue weighted by atomic mass is 9.46. The van der Waals surface area contributed by atoms with Crippen LogP contribution in [0.15, 0.2) is 11.6 Å². The Labute approximate surface area is 166 Å². The van der Waals surface area contributed by atoms with Crippen molar-refractivity contribution in [3.63, 3.8) is 0 Å². The molecular formula is C24H40N2O. The number of rotatable bonds is 1. The molecule has 3 saturated carbocycles. The molecule has 5 aliphatic rings. The molecule has 4 fully saturated rings. The summed E-state index contributed by atoms with van der Waals surface area (Å²) in [7, 11) is 6.77. The van der Waals surface area contributed by atoms with E-state index >= 15 is 0 Å². The summed E-state index contributed by atoms with van der Waals surface area (Å²) in [6.07, 6.45) is 11.5. The van der Waals surface area contributed by atoms with E-state index in [-0.39, 0.29) is 11.5 Å². The fourth-order valence-corrected chi connectivity index (χ4v) is 8.84. The van der Waals surface area contributed by atoms with Crippen LogP contribution in [0.4, 0.5) is 0 Å². The summed E-state index contributed by atoms with van der Waals surface area (Å²) in [6.45, 7) is 6.09. The molecule has 3 nitrogen and oxygen atoms in total. The number of aliphatic hydroxyl groups is 1. The van der Waals surface area contributed by atoms with Gasteiger partial charge in [-0.15, -0.1) is 0 Å². The summed E-state index contributed by atoms with van der Waals surface area (Å²) < 4.78 is 0. The van der Waals surface area contributed by atoms with Crippen molar-refractivity contribution in [2.75, 3.05) is 27.7 Å². The van der Waals surface area contributed by atoms with Gasteiger partial charge >= 0.3 is 0 Å². The minimum absolute atomic E-state index is 0.0913. The Kier molecular flexibility index (Phi) is 4.18. The molecule has 1 aliphatic heterocycles. The van der Waals surface area contributed by atoms with Gasteiger partial charge in [-0.05, 0) is 102 Å². The molecule has 9 atom stereocenters. The zero-order chi connectivity index (χ0) is 19.1. The summed E-state index contributed by atoms with van der Waals surface area (Å²) >= 11 is 0. The average molecular weight is 373 g/mol. The first-order chi connectivity index (χ1) is 12.8. The fraction of sp³-hybridized carbons (Fsp3) is 0.917. The number of nitrogens with zero attached hydrogens (tertiary/aromatic N) is 2. The molecule has 1 saturated heterocycles. The third-order valence-corrected chi connectivity index (χ3v) is 10.5. The lowest BCUT2D eigenvalue weighted by Gasteiger charge is -2.60. The standard InChI is InChI=1S/C24H40N2O/c1-15-19-8-9-20-18-7-6-16-12-17(25(3)4)10-11-23(16,2)21(18)13-22(27)24(19,20)14-26(15)5/h6,15,17-22,27H,7-14H2,1-5H3/t15-,17?,18-,19+,20-,21-,22-,23-,24+/m0/s1. The number of aliphatic hydroxyl groups excluding tert-OH is 1. The van der Waals surface area contributed by atoms with E-state index in [4.69, 9.17) is 0 Å². The molecule has 0 aromatic rings. The summed E-state index contributed by atoms with van der Waals surface area (Å²) in [4.78, 5) is 4.98. The maximum absolute atomic E-state index is 11.6. The number of fused-ring (bicyclic) bond motifs is 4. The number of likely N-dealkylation sites (tertiary alicyclic amines) is 1. The highest BCUT2D eigenvalue weighted by Crippen LogP contribution is 2.68. The molecule has 27 heavy (non-hydrogen) atoms. The van der Waals surface area contributed by atoms with Crippen molar-refractivity contribution in [3.05, 3.63) is 11.6 Å². The van der Waals surface area contributed by atoms with Crippen molar-refractivity contribution in [3.8, 4) is 0 Å². The quantitative estimate of drug-likeness (QED) is 0.710. The monoisotopic (exact) mass is 372 g/mol. The minimum Gasteiger partial charge on any atom is -0.392 e. The summed E-state index contributed by atoms with van der Waals surface area (Å²) in [5, 5.41) is 11.6. The van der Waals surface area contributed by atoms with Gasteiger partial charge < -0.3 is 14.9 Å². The van der Waals surface area contributed by atoms with E-state index in [1.165, 1.54) is 38.5 Å². The van der Waals surface area contributed by atoms with Gasteiger partial charge in [0.15, 0.2) is 0 Å². The third kappa shape index (κ3) is 2.31. The fourth-order valence-electron chi connectivity index (χ4n) is 8.84.